The summed E-state index contributed by atoms with van der Waals surface area (Å²) >= 11 is 0. The molecule has 0 radical (unpaired) electrons. The average molecular weight is 295 g/mol. The van der Waals surface area contributed by atoms with Crippen LogP contribution >= 0.6 is 0 Å². The van der Waals surface area contributed by atoms with Crippen molar-refractivity contribution in [3.63, 3.8) is 0 Å². The molecule has 3 fully saturated rings. The van der Waals surface area contributed by atoms with E-state index in [1.165, 1.54) is 25.7 Å². The van der Waals surface area contributed by atoms with E-state index in [1.807, 2.05) is 0 Å². The van der Waals surface area contributed by atoms with Gasteiger partial charge in [0.1, 0.15) is 6.04 Å². The Balaban J connectivity index is 1.67. The molecule has 3 aliphatic rings. The minimum Gasteiger partial charge on any atom is -0.480 e. The fourth-order valence-electron chi connectivity index (χ4n) is 4.77. The summed E-state index contributed by atoms with van der Waals surface area (Å²) in [6.45, 7) is 4.00. The topological polar surface area (TPSA) is 49.8 Å². The van der Waals surface area contributed by atoms with Crippen LogP contribution in [0.25, 0.3) is 0 Å². The van der Waals surface area contributed by atoms with Crippen LogP contribution in [0.3, 0.4) is 0 Å². The first-order valence-corrected chi connectivity index (χ1v) is 8.79. The van der Waals surface area contributed by atoms with E-state index in [1.54, 1.807) is 0 Å². The van der Waals surface area contributed by atoms with Crippen molar-refractivity contribution in [1.82, 2.24) is 4.90 Å². The van der Waals surface area contributed by atoms with Crippen LogP contribution in [-0.4, -0.2) is 47.3 Å². The number of ether oxygens (including phenoxy) is 1. The molecule has 1 N–H and O–H groups in total. The maximum atomic E-state index is 11.7. The molecular formula is C17H29NO3. The minimum atomic E-state index is -0.608. The Morgan fingerprint density at radius 2 is 2.05 bits per heavy atom. The maximum Gasteiger partial charge on any atom is 0.320 e. The number of hydrogen-bond acceptors (Lipinski definition) is 3. The van der Waals surface area contributed by atoms with Gasteiger partial charge in [0.25, 0.3) is 0 Å². The third-order valence-corrected chi connectivity index (χ3v) is 5.91. The lowest BCUT2D eigenvalue weighted by Gasteiger charge is -2.37. The highest BCUT2D eigenvalue weighted by Gasteiger charge is 2.45. The molecule has 2 aliphatic heterocycles. The zero-order valence-corrected chi connectivity index (χ0v) is 13.2. The summed E-state index contributed by atoms with van der Waals surface area (Å²) in [6, 6.07) is 0.295. The smallest absolute Gasteiger partial charge is 0.320 e. The fraction of sp³-hybridized carbons (Fsp3) is 0.941. The fourth-order valence-corrected chi connectivity index (χ4v) is 4.77. The summed E-state index contributed by atoms with van der Waals surface area (Å²) in [4.78, 5) is 14.0. The van der Waals surface area contributed by atoms with E-state index >= 15 is 0 Å². The minimum absolute atomic E-state index is 0.235. The molecular weight excluding hydrogens is 266 g/mol. The van der Waals surface area contributed by atoms with Crippen LogP contribution in [0.15, 0.2) is 0 Å². The second-order valence-electron chi connectivity index (χ2n) is 7.19. The van der Waals surface area contributed by atoms with Crippen molar-refractivity contribution in [3.05, 3.63) is 0 Å². The van der Waals surface area contributed by atoms with E-state index in [0.29, 0.717) is 24.0 Å². The Kier molecular flexibility index (Phi) is 4.85. The van der Waals surface area contributed by atoms with Gasteiger partial charge in [-0.1, -0.05) is 19.8 Å². The van der Waals surface area contributed by atoms with Crippen LogP contribution in [0.4, 0.5) is 0 Å². The SMILES string of the molecule is CCC1CC(CN2C(C(=O)O)CC3CCCCC32)CCO1. The van der Waals surface area contributed by atoms with Gasteiger partial charge in [-0.2, -0.15) is 0 Å². The molecule has 2 heterocycles. The molecule has 0 spiro atoms. The van der Waals surface area contributed by atoms with Crippen LogP contribution < -0.4 is 0 Å². The van der Waals surface area contributed by atoms with Crippen LogP contribution in [0.2, 0.25) is 0 Å². The first kappa shape index (κ1) is 15.3. The van der Waals surface area contributed by atoms with Gasteiger partial charge in [-0.25, -0.2) is 0 Å². The monoisotopic (exact) mass is 295 g/mol. The van der Waals surface area contributed by atoms with Gasteiger partial charge in [-0.05, 0) is 50.4 Å². The Bertz CT molecular complexity index is 373. The number of fused-ring (bicyclic) bond motifs is 1. The van der Waals surface area contributed by atoms with E-state index < -0.39 is 5.97 Å². The van der Waals surface area contributed by atoms with Crippen LogP contribution in [0.5, 0.6) is 0 Å². The first-order valence-electron chi connectivity index (χ1n) is 8.79. The van der Waals surface area contributed by atoms with Crippen LogP contribution in [0.1, 0.15) is 58.3 Å². The number of nitrogens with zero attached hydrogens (tertiary/aromatic N) is 1. The molecule has 0 aromatic rings. The molecule has 21 heavy (non-hydrogen) atoms. The maximum absolute atomic E-state index is 11.7. The highest BCUT2D eigenvalue weighted by molar-refractivity contribution is 5.74. The molecule has 1 aliphatic carbocycles. The lowest BCUT2D eigenvalue weighted by atomic mass is 9.84. The quantitative estimate of drug-likeness (QED) is 0.866. The summed E-state index contributed by atoms with van der Waals surface area (Å²) in [5.41, 5.74) is 0. The zero-order valence-electron chi connectivity index (χ0n) is 13.2. The van der Waals surface area contributed by atoms with Crippen molar-refractivity contribution in [2.75, 3.05) is 13.2 Å². The molecule has 0 aromatic carbocycles. The summed E-state index contributed by atoms with van der Waals surface area (Å²) in [5, 5.41) is 9.59. The van der Waals surface area contributed by atoms with Gasteiger partial charge >= 0.3 is 5.97 Å². The number of carboxylic acid groups (broad SMARTS) is 1. The first-order chi connectivity index (χ1) is 10.2. The number of carboxylic acids is 1. The normalized spacial score (nSPS) is 40.9. The highest BCUT2D eigenvalue weighted by Crippen LogP contribution is 2.41. The van der Waals surface area contributed by atoms with Gasteiger partial charge < -0.3 is 9.84 Å². The second kappa shape index (κ2) is 6.66. The molecule has 4 heteroatoms. The van der Waals surface area contributed by atoms with E-state index in [-0.39, 0.29) is 6.04 Å². The van der Waals surface area contributed by atoms with Gasteiger partial charge in [0.2, 0.25) is 0 Å². The number of hydrogen-bond donors (Lipinski definition) is 1. The van der Waals surface area contributed by atoms with Crippen LogP contribution in [0, 0.1) is 11.8 Å². The molecule has 5 unspecified atom stereocenters. The average Bonchev–Trinajstić information content (AvgIpc) is 2.87. The third kappa shape index (κ3) is 3.26. The summed E-state index contributed by atoms with van der Waals surface area (Å²) in [7, 11) is 0. The second-order valence-corrected chi connectivity index (χ2v) is 7.19. The molecule has 5 atom stereocenters. The Hall–Kier alpha value is -0.610. The lowest BCUT2D eigenvalue weighted by molar-refractivity contribution is -0.143. The largest absolute Gasteiger partial charge is 0.480 e. The van der Waals surface area contributed by atoms with Gasteiger partial charge in [0, 0.05) is 19.2 Å². The number of aliphatic carboxylic acids is 1. The lowest BCUT2D eigenvalue weighted by Crippen LogP contribution is -2.46. The summed E-state index contributed by atoms with van der Waals surface area (Å²) < 4.78 is 5.77. The molecule has 0 bridgehead atoms. The molecule has 4 nitrogen and oxygen atoms in total. The Morgan fingerprint density at radius 1 is 1.24 bits per heavy atom. The molecule has 2 saturated heterocycles. The highest BCUT2D eigenvalue weighted by atomic mass is 16.5. The van der Waals surface area contributed by atoms with Gasteiger partial charge in [0.15, 0.2) is 0 Å². The van der Waals surface area contributed by atoms with Crippen LogP contribution in [-0.2, 0) is 9.53 Å². The zero-order chi connectivity index (χ0) is 14.8. The number of likely N-dealkylation sites (tertiary alicyclic amines) is 1. The van der Waals surface area contributed by atoms with Gasteiger partial charge in [0.05, 0.1) is 6.10 Å². The van der Waals surface area contributed by atoms with Crippen molar-refractivity contribution in [1.29, 1.82) is 0 Å². The molecule has 1 saturated carbocycles. The standard InChI is InChI=1S/C17H29NO3/c1-2-14-9-12(7-8-21-14)11-18-15-6-4-3-5-13(15)10-16(18)17(19)20/h12-16H,2-11H2,1H3,(H,19,20). The molecule has 3 rings (SSSR count). The van der Waals surface area contributed by atoms with E-state index in [9.17, 15) is 9.90 Å². The Labute approximate surface area is 127 Å². The van der Waals surface area contributed by atoms with Crippen molar-refractivity contribution >= 4 is 5.97 Å². The van der Waals surface area contributed by atoms with Gasteiger partial charge in [-0.15, -0.1) is 0 Å². The summed E-state index contributed by atoms with van der Waals surface area (Å²) in [5.74, 6) is 0.636. The van der Waals surface area contributed by atoms with E-state index in [2.05, 4.69) is 11.8 Å². The van der Waals surface area contributed by atoms with Crippen molar-refractivity contribution in [2.24, 2.45) is 11.8 Å². The third-order valence-electron chi connectivity index (χ3n) is 5.91. The van der Waals surface area contributed by atoms with Crippen molar-refractivity contribution in [2.45, 2.75) is 76.5 Å². The van der Waals surface area contributed by atoms with Gasteiger partial charge in [-0.3, -0.25) is 9.69 Å². The number of carbonyl (C=O) groups is 1. The predicted molar refractivity (Wildman–Crippen MR) is 81.2 cm³/mol. The number of rotatable bonds is 4. The van der Waals surface area contributed by atoms with Crippen molar-refractivity contribution < 1.29 is 14.6 Å². The molecule has 0 aromatic heterocycles. The van der Waals surface area contributed by atoms with Crippen molar-refractivity contribution in [3.8, 4) is 0 Å². The van der Waals surface area contributed by atoms with E-state index in [0.717, 1.165) is 38.8 Å². The predicted octanol–water partition coefficient (Wildman–Crippen LogP) is 2.91. The van der Waals surface area contributed by atoms with E-state index in [4.69, 9.17) is 4.74 Å². The summed E-state index contributed by atoms with van der Waals surface area (Å²) in [6.07, 6.45) is 9.53. The molecule has 120 valence electrons. The molecule has 0 amide bonds. The Morgan fingerprint density at radius 3 is 2.81 bits per heavy atom.